The van der Waals surface area contributed by atoms with Crippen molar-refractivity contribution in [2.45, 2.75) is 40.5 Å². The molecule has 0 aliphatic carbocycles. The predicted molar refractivity (Wildman–Crippen MR) is 63.8 cm³/mol. The first-order chi connectivity index (χ1) is 7.19. The molecule has 0 saturated heterocycles. The third-order valence-corrected chi connectivity index (χ3v) is 2.52. The fourth-order valence-corrected chi connectivity index (χ4v) is 1.25. The van der Waals surface area contributed by atoms with Gasteiger partial charge in [-0.2, -0.15) is 0 Å². The Morgan fingerprint density at radius 1 is 1.40 bits per heavy atom. The van der Waals surface area contributed by atoms with Crippen molar-refractivity contribution in [1.82, 2.24) is 9.97 Å². The van der Waals surface area contributed by atoms with Crippen molar-refractivity contribution in [1.29, 1.82) is 0 Å². The number of hydrogen-bond acceptors (Lipinski definition) is 3. The van der Waals surface area contributed by atoms with Gasteiger partial charge in [-0.15, -0.1) is 0 Å². The van der Waals surface area contributed by atoms with Gasteiger partial charge in [0.25, 0.3) is 0 Å². The minimum absolute atomic E-state index is 0.509. The van der Waals surface area contributed by atoms with Gasteiger partial charge < -0.3 is 0 Å². The van der Waals surface area contributed by atoms with Crippen molar-refractivity contribution in [3.63, 3.8) is 0 Å². The standard InChI is InChI=1S/C12H19N3/c1-5-9(3)7-13-12-10(4)14-8-15-11(12)6-2/h7-9H,5-6H2,1-4H3/b13-7-. The van der Waals surface area contributed by atoms with Gasteiger partial charge >= 0.3 is 0 Å². The Balaban J connectivity index is 2.97. The maximum Gasteiger partial charge on any atom is 0.116 e. The summed E-state index contributed by atoms with van der Waals surface area (Å²) in [7, 11) is 0. The van der Waals surface area contributed by atoms with Crippen molar-refractivity contribution >= 4 is 11.9 Å². The molecular formula is C12H19N3. The molecule has 0 spiro atoms. The van der Waals surface area contributed by atoms with E-state index in [-0.39, 0.29) is 0 Å². The van der Waals surface area contributed by atoms with Gasteiger partial charge in [-0.3, -0.25) is 4.99 Å². The van der Waals surface area contributed by atoms with E-state index in [1.165, 1.54) is 0 Å². The van der Waals surface area contributed by atoms with E-state index in [4.69, 9.17) is 0 Å². The maximum atomic E-state index is 4.50. The van der Waals surface area contributed by atoms with E-state index in [0.717, 1.165) is 29.9 Å². The molecular weight excluding hydrogens is 186 g/mol. The lowest BCUT2D eigenvalue weighted by Crippen LogP contribution is -1.96. The zero-order chi connectivity index (χ0) is 11.3. The topological polar surface area (TPSA) is 38.1 Å². The Morgan fingerprint density at radius 3 is 2.73 bits per heavy atom. The number of rotatable bonds is 4. The van der Waals surface area contributed by atoms with Crippen molar-refractivity contribution in [2.75, 3.05) is 0 Å². The lowest BCUT2D eigenvalue weighted by Gasteiger charge is -2.05. The SMILES string of the molecule is CCc1ncnc(C)c1/N=C\C(C)CC. The van der Waals surface area contributed by atoms with Crippen molar-refractivity contribution in [3.05, 3.63) is 17.7 Å². The minimum Gasteiger partial charge on any atom is -0.257 e. The molecule has 0 aromatic carbocycles. The van der Waals surface area contributed by atoms with E-state index < -0.39 is 0 Å². The van der Waals surface area contributed by atoms with Gasteiger partial charge in [-0.25, -0.2) is 9.97 Å². The smallest absolute Gasteiger partial charge is 0.116 e. The van der Waals surface area contributed by atoms with Crippen molar-refractivity contribution in [2.24, 2.45) is 10.9 Å². The van der Waals surface area contributed by atoms with Gasteiger partial charge in [0.05, 0.1) is 11.4 Å². The third kappa shape index (κ3) is 3.11. The molecule has 0 bridgehead atoms. The van der Waals surface area contributed by atoms with E-state index in [2.05, 4.69) is 35.7 Å². The molecule has 15 heavy (non-hydrogen) atoms. The molecule has 1 atom stereocenters. The van der Waals surface area contributed by atoms with E-state index in [1.54, 1.807) is 6.33 Å². The summed E-state index contributed by atoms with van der Waals surface area (Å²) in [6, 6.07) is 0. The van der Waals surface area contributed by atoms with Crippen molar-refractivity contribution in [3.8, 4) is 0 Å². The normalized spacial score (nSPS) is 13.3. The Morgan fingerprint density at radius 2 is 2.13 bits per heavy atom. The lowest BCUT2D eigenvalue weighted by atomic mass is 10.1. The summed E-state index contributed by atoms with van der Waals surface area (Å²) in [5.41, 5.74) is 2.93. The summed E-state index contributed by atoms with van der Waals surface area (Å²) in [6.45, 7) is 8.38. The van der Waals surface area contributed by atoms with E-state index >= 15 is 0 Å². The molecule has 0 amide bonds. The highest BCUT2D eigenvalue weighted by atomic mass is 14.9. The highest BCUT2D eigenvalue weighted by Crippen LogP contribution is 2.20. The fourth-order valence-electron chi connectivity index (χ4n) is 1.25. The van der Waals surface area contributed by atoms with Gasteiger partial charge in [0.15, 0.2) is 0 Å². The average Bonchev–Trinajstić information content (AvgIpc) is 2.26. The molecule has 0 fully saturated rings. The molecule has 0 saturated carbocycles. The molecule has 1 heterocycles. The Bertz CT molecular complexity index is 345. The van der Waals surface area contributed by atoms with Crippen LogP contribution in [-0.2, 0) is 6.42 Å². The molecule has 1 unspecified atom stereocenters. The van der Waals surface area contributed by atoms with E-state index in [0.29, 0.717) is 5.92 Å². The predicted octanol–water partition coefficient (Wildman–Crippen LogP) is 3.10. The second-order valence-electron chi connectivity index (χ2n) is 3.77. The van der Waals surface area contributed by atoms with Crippen LogP contribution >= 0.6 is 0 Å². The lowest BCUT2D eigenvalue weighted by molar-refractivity contribution is 0.754. The second kappa shape index (κ2) is 5.59. The van der Waals surface area contributed by atoms with Crippen LogP contribution in [0, 0.1) is 12.8 Å². The third-order valence-electron chi connectivity index (χ3n) is 2.52. The van der Waals surface area contributed by atoms with Gasteiger partial charge in [0.1, 0.15) is 12.0 Å². The zero-order valence-corrected chi connectivity index (χ0v) is 9.99. The average molecular weight is 205 g/mol. The molecule has 3 heteroatoms. The fraction of sp³-hybridized carbons (Fsp3) is 0.583. The first kappa shape index (κ1) is 11.8. The Hall–Kier alpha value is -1.25. The van der Waals surface area contributed by atoms with Crippen LogP contribution < -0.4 is 0 Å². The quantitative estimate of drug-likeness (QED) is 0.708. The van der Waals surface area contributed by atoms with Crippen LogP contribution in [0.25, 0.3) is 0 Å². The molecule has 82 valence electrons. The number of aliphatic imine (C=N–C) groups is 1. The van der Waals surface area contributed by atoms with Crippen LogP contribution in [0.1, 0.15) is 38.6 Å². The van der Waals surface area contributed by atoms with Crippen LogP contribution in [0.15, 0.2) is 11.3 Å². The van der Waals surface area contributed by atoms with Crippen molar-refractivity contribution < 1.29 is 0 Å². The molecule has 1 rings (SSSR count). The number of aryl methyl sites for hydroxylation is 2. The number of aromatic nitrogens is 2. The Labute approximate surface area is 91.7 Å². The van der Waals surface area contributed by atoms with Crippen LogP contribution in [-0.4, -0.2) is 16.2 Å². The zero-order valence-electron chi connectivity index (χ0n) is 9.99. The van der Waals surface area contributed by atoms with Gasteiger partial charge in [0, 0.05) is 6.21 Å². The molecule has 0 aliphatic rings. The molecule has 0 N–H and O–H groups in total. The molecule has 1 aromatic heterocycles. The number of nitrogens with zero attached hydrogens (tertiary/aromatic N) is 3. The Kier molecular flexibility index (Phi) is 4.40. The highest BCUT2D eigenvalue weighted by Gasteiger charge is 2.04. The summed E-state index contributed by atoms with van der Waals surface area (Å²) < 4.78 is 0. The van der Waals surface area contributed by atoms with Gasteiger partial charge in [-0.05, 0) is 25.7 Å². The molecule has 1 aromatic rings. The summed E-state index contributed by atoms with van der Waals surface area (Å²) in [5.74, 6) is 0.509. The van der Waals surface area contributed by atoms with Crippen LogP contribution in [0.5, 0.6) is 0 Å². The van der Waals surface area contributed by atoms with Gasteiger partial charge in [0.2, 0.25) is 0 Å². The minimum atomic E-state index is 0.509. The first-order valence-electron chi connectivity index (χ1n) is 5.53. The van der Waals surface area contributed by atoms with E-state index in [9.17, 15) is 0 Å². The largest absolute Gasteiger partial charge is 0.257 e. The first-order valence-corrected chi connectivity index (χ1v) is 5.53. The summed E-state index contributed by atoms with van der Waals surface area (Å²) in [6.07, 6.45) is 5.61. The summed E-state index contributed by atoms with van der Waals surface area (Å²) >= 11 is 0. The summed E-state index contributed by atoms with van der Waals surface area (Å²) in [4.78, 5) is 12.9. The molecule has 0 radical (unpaired) electrons. The van der Waals surface area contributed by atoms with Crippen LogP contribution in [0.4, 0.5) is 5.69 Å². The van der Waals surface area contributed by atoms with Crippen LogP contribution in [0.3, 0.4) is 0 Å². The second-order valence-corrected chi connectivity index (χ2v) is 3.77. The summed E-state index contributed by atoms with van der Waals surface area (Å²) in [5, 5.41) is 0. The maximum absolute atomic E-state index is 4.50. The number of hydrogen-bond donors (Lipinski definition) is 0. The molecule has 3 nitrogen and oxygen atoms in total. The van der Waals surface area contributed by atoms with E-state index in [1.807, 2.05) is 13.1 Å². The molecule has 0 aliphatic heterocycles. The monoisotopic (exact) mass is 205 g/mol. The highest BCUT2D eigenvalue weighted by molar-refractivity contribution is 5.66. The van der Waals surface area contributed by atoms with Gasteiger partial charge in [-0.1, -0.05) is 20.8 Å². The van der Waals surface area contributed by atoms with Crippen LogP contribution in [0.2, 0.25) is 0 Å².